The van der Waals surface area contributed by atoms with Gasteiger partial charge in [-0.3, -0.25) is 0 Å². The van der Waals surface area contributed by atoms with E-state index in [1.54, 1.807) is 12.1 Å². The van der Waals surface area contributed by atoms with E-state index in [0.717, 1.165) is 60.9 Å². The zero-order valence-corrected chi connectivity index (χ0v) is 27.0. The van der Waals surface area contributed by atoms with Crippen molar-refractivity contribution < 1.29 is 7.16 Å². The molecule has 10 rings (SSSR count). The van der Waals surface area contributed by atoms with E-state index in [1.807, 2.05) is 24.3 Å². The molecule has 10 aromatic rings. The molecule has 2 aromatic heterocycles. The number of hydrogen-bond donors (Lipinski definition) is 0. The van der Waals surface area contributed by atoms with Crippen molar-refractivity contribution in [1.29, 1.82) is 0 Å². The van der Waals surface area contributed by atoms with E-state index in [-0.39, 0.29) is 0 Å². The molecule has 3 heteroatoms. The molecule has 0 aliphatic rings. The largest absolute Gasteiger partial charge is 0.456 e. The molecule has 0 bridgehead atoms. The smallest absolute Gasteiger partial charge is 0.137 e. The first kappa shape index (κ1) is 26.3. The molecule has 0 aliphatic carbocycles. The average molecular weight is 641 g/mol. The summed E-state index contributed by atoms with van der Waals surface area (Å²) in [4.78, 5) is 7.00. The van der Waals surface area contributed by atoms with Gasteiger partial charge in [0.25, 0.3) is 0 Å². The summed E-state index contributed by atoms with van der Waals surface area (Å²) in [5.41, 5.74) is 8.90. The fourth-order valence-corrected chi connectivity index (χ4v) is 7.07. The Morgan fingerprint density at radius 1 is 0.420 bits per heavy atom. The number of aromatic nitrogens is 1. The Bertz CT molecular complexity index is 2990. The Labute approximate surface area is 292 Å². The number of fused-ring (bicyclic) bond motifs is 6. The van der Waals surface area contributed by atoms with Crippen LogP contribution in [0, 0.1) is 0 Å². The van der Waals surface area contributed by atoms with Crippen LogP contribution in [0.15, 0.2) is 186 Å². The highest BCUT2D eigenvalue weighted by atomic mass is 16.3. The number of furan rings is 1. The van der Waals surface area contributed by atoms with Crippen LogP contribution in [-0.4, -0.2) is 4.98 Å². The third kappa shape index (κ3) is 4.87. The lowest BCUT2D eigenvalue weighted by atomic mass is 10.0. The average Bonchev–Trinajstić information content (AvgIpc) is 3.54. The predicted molar refractivity (Wildman–Crippen MR) is 210 cm³/mol. The molecule has 0 saturated heterocycles. The van der Waals surface area contributed by atoms with Crippen LogP contribution in [0.4, 0.5) is 17.1 Å². The summed E-state index contributed by atoms with van der Waals surface area (Å²) < 4.78 is 23.6. The van der Waals surface area contributed by atoms with E-state index in [2.05, 4.69) is 138 Å². The Kier molecular flexibility index (Phi) is 6.02. The highest BCUT2D eigenvalue weighted by Gasteiger charge is 2.17. The summed E-state index contributed by atoms with van der Waals surface area (Å²) in [7, 11) is 0. The van der Waals surface area contributed by atoms with Gasteiger partial charge >= 0.3 is 0 Å². The Hall–Kier alpha value is -6.71. The molecular formula is C47H30N2O. The molecule has 0 unspecified atom stereocenters. The van der Waals surface area contributed by atoms with Gasteiger partial charge in [-0.1, -0.05) is 109 Å². The van der Waals surface area contributed by atoms with Crippen LogP contribution in [0.3, 0.4) is 0 Å². The molecule has 234 valence electrons. The molecule has 3 nitrogen and oxygen atoms in total. The fourth-order valence-electron chi connectivity index (χ4n) is 7.07. The SMILES string of the molecule is [2H]c1cc2cccc([2H])c2nc1-c1ccc(N(c2ccc(-c3ccc4ccccc4c3)cc2)c2ccc3c(c2)oc2cc4ccccc4cc23)cc1. The van der Waals surface area contributed by atoms with E-state index in [0.29, 0.717) is 23.3 Å². The quantitative estimate of drug-likeness (QED) is 0.187. The fraction of sp³-hybridized carbons (Fsp3) is 0. The van der Waals surface area contributed by atoms with Gasteiger partial charge < -0.3 is 9.32 Å². The van der Waals surface area contributed by atoms with E-state index in [4.69, 9.17) is 12.1 Å². The molecule has 0 radical (unpaired) electrons. The van der Waals surface area contributed by atoms with Crippen molar-refractivity contribution in [3.05, 3.63) is 182 Å². The zero-order chi connectivity index (χ0) is 34.8. The lowest BCUT2D eigenvalue weighted by Gasteiger charge is -2.26. The van der Waals surface area contributed by atoms with Gasteiger partial charge in [-0.15, -0.1) is 0 Å². The van der Waals surface area contributed by atoms with Crippen molar-refractivity contribution >= 4 is 71.4 Å². The number of benzene rings is 8. The predicted octanol–water partition coefficient (Wildman–Crippen LogP) is 13.2. The molecule has 0 saturated carbocycles. The highest BCUT2D eigenvalue weighted by Crippen LogP contribution is 2.40. The summed E-state index contributed by atoms with van der Waals surface area (Å²) in [5, 5.41) is 7.75. The molecule has 0 amide bonds. The molecule has 0 N–H and O–H groups in total. The van der Waals surface area contributed by atoms with Crippen molar-refractivity contribution in [1.82, 2.24) is 4.98 Å². The number of rotatable bonds is 5. The van der Waals surface area contributed by atoms with Crippen molar-refractivity contribution in [2.75, 3.05) is 4.90 Å². The highest BCUT2D eigenvalue weighted by molar-refractivity contribution is 6.10. The minimum atomic E-state index is 0.329. The molecule has 0 fully saturated rings. The van der Waals surface area contributed by atoms with E-state index < -0.39 is 0 Å². The number of para-hydroxylation sites is 1. The van der Waals surface area contributed by atoms with Crippen LogP contribution in [0.25, 0.3) is 76.8 Å². The summed E-state index contributed by atoms with van der Waals surface area (Å²) in [6.45, 7) is 0. The van der Waals surface area contributed by atoms with Crippen LogP contribution in [0.1, 0.15) is 2.74 Å². The van der Waals surface area contributed by atoms with Gasteiger partial charge in [0, 0.05) is 44.9 Å². The van der Waals surface area contributed by atoms with Gasteiger partial charge in [-0.05, 0) is 99.4 Å². The maximum absolute atomic E-state index is 8.73. The molecule has 0 atom stereocenters. The minimum absolute atomic E-state index is 0.329. The summed E-state index contributed by atoms with van der Waals surface area (Å²) in [6, 6.07) is 58.9. The van der Waals surface area contributed by atoms with Crippen LogP contribution in [0.2, 0.25) is 0 Å². The maximum atomic E-state index is 8.73. The van der Waals surface area contributed by atoms with Gasteiger partial charge in [-0.25, -0.2) is 4.98 Å². The second kappa shape index (κ2) is 11.5. The lowest BCUT2D eigenvalue weighted by Crippen LogP contribution is -2.09. The second-order valence-electron chi connectivity index (χ2n) is 12.7. The summed E-state index contributed by atoms with van der Waals surface area (Å²) >= 11 is 0. The van der Waals surface area contributed by atoms with Crippen LogP contribution in [0.5, 0.6) is 0 Å². The van der Waals surface area contributed by atoms with Gasteiger partial charge in [0.15, 0.2) is 0 Å². The molecule has 2 heterocycles. The Morgan fingerprint density at radius 3 is 1.80 bits per heavy atom. The van der Waals surface area contributed by atoms with E-state index >= 15 is 0 Å². The second-order valence-corrected chi connectivity index (χ2v) is 12.7. The zero-order valence-electron chi connectivity index (χ0n) is 29.0. The van der Waals surface area contributed by atoms with Gasteiger partial charge in [-0.2, -0.15) is 0 Å². The number of pyridine rings is 1. The standard InChI is InChI=1S/C47H30N2O/c1-2-9-35-27-38(14-13-31(35)7-1)32-15-20-39(21-16-32)49(40-22-17-34(18-23-40)45-26-19-33-8-5-6-12-44(33)48-45)41-24-25-42-43-28-36-10-3-4-11-37(36)29-46(43)50-47(42)30-41/h1-30H/i12D,26D. The van der Waals surface area contributed by atoms with Crippen LogP contribution >= 0.6 is 0 Å². The lowest BCUT2D eigenvalue weighted by molar-refractivity contribution is 0.669. The van der Waals surface area contributed by atoms with Gasteiger partial charge in [0.1, 0.15) is 11.2 Å². The third-order valence-electron chi connectivity index (χ3n) is 9.64. The van der Waals surface area contributed by atoms with E-state index in [9.17, 15) is 0 Å². The first-order valence-electron chi connectivity index (χ1n) is 17.8. The first-order valence-corrected chi connectivity index (χ1v) is 16.8. The summed E-state index contributed by atoms with van der Waals surface area (Å²) in [5.74, 6) is 0. The van der Waals surface area contributed by atoms with Gasteiger partial charge in [0.05, 0.1) is 14.0 Å². The van der Waals surface area contributed by atoms with Crippen molar-refractivity contribution in [3.8, 4) is 22.4 Å². The first-order chi connectivity index (χ1) is 25.6. The Balaban J connectivity index is 1.09. The molecule has 8 aromatic carbocycles. The van der Waals surface area contributed by atoms with Crippen molar-refractivity contribution in [3.63, 3.8) is 0 Å². The van der Waals surface area contributed by atoms with E-state index in [1.165, 1.54) is 21.7 Å². The number of nitrogens with zero attached hydrogens (tertiary/aromatic N) is 2. The third-order valence-corrected chi connectivity index (χ3v) is 9.64. The van der Waals surface area contributed by atoms with Crippen LogP contribution in [-0.2, 0) is 0 Å². The molecule has 0 aliphatic heterocycles. The molecule has 0 spiro atoms. The minimum Gasteiger partial charge on any atom is -0.456 e. The maximum Gasteiger partial charge on any atom is 0.137 e. The van der Waals surface area contributed by atoms with Gasteiger partial charge in [0.2, 0.25) is 0 Å². The van der Waals surface area contributed by atoms with Crippen molar-refractivity contribution in [2.45, 2.75) is 0 Å². The number of hydrogen-bond acceptors (Lipinski definition) is 3. The van der Waals surface area contributed by atoms with Crippen molar-refractivity contribution in [2.24, 2.45) is 0 Å². The Morgan fingerprint density at radius 2 is 1.02 bits per heavy atom. The normalized spacial score (nSPS) is 12.2. The number of anilines is 3. The molecule has 50 heavy (non-hydrogen) atoms. The summed E-state index contributed by atoms with van der Waals surface area (Å²) in [6.07, 6.45) is 0. The molecular weight excluding hydrogens is 609 g/mol. The topological polar surface area (TPSA) is 29.3 Å². The monoisotopic (exact) mass is 640 g/mol. The van der Waals surface area contributed by atoms with Crippen LogP contribution < -0.4 is 4.90 Å².